The van der Waals surface area contributed by atoms with E-state index in [9.17, 15) is 24.6 Å². The zero-order valence-corrected chi connectivity index (χ0v) is 25.4. The number of carboxylic acids is 1. The number of nitrogens with one attached hydrogen (secondary N) is 1. The van der Waals surface area contributed by atoms with Gasteiger partial charge in [-0.25, -0.2) is 4.79 Å². The molecule has 8 heteroatoms. The molecule has 1 heterocycles. The molecule has 1 aromatic rings. The molecule has 0 unspecified atom stereocenters. The smallest absolute Gasteiger partial charge is 0.331 e. The minimum atomic E-state index is -0.773. The van der Waals surface area contributed by atoms with Crippen molar-refractivity contribution >= 4 is 23.9 Å². The van der Waals surface area contributed by atoms with E-state index in [0.29, 0.717) is 42.8 Å². The first kappa shape index (κ1) is 31.4. The van der Waals surface area contributed by atoms with Crippen LogP contribution in [0.15, 0.2) is 47.6 Å². The molecule has 4 rings (SSSR count). The summed E-state index contributed by atoms with van der Waals surface area (Å²) in [5.74, 6) is 0.315. The Morgan fingerprint density at radius 2 is 2.00 bits per heavy atom. The summed E-state index contributed by atoms with van der Waals surface area (Å²) in [5.41, 5.74) is 2.25. The van der Waals surface area contributed by atoms with Gasteiger partial charge < -0.3 is 25.2 Å². The molecule has 3 N–H and O–H groups in total. The van der Waals surface area contributed by atoms with E-state index >= 15 is 0 Å². The predicted molar refractivity (Wildman–Crippen MR) is 163 cm³/mol. The van der Waals surface area contributed by atoms with Crippen molar-refractivity contribution in [2.45, 2.75) is 72.1 Å². The summed E-state index contributed by atoms with van der Waals surface area (Å²) in [6, 6.07) is 4.88. The number of aliphatic carboxylic acids is 1. The Hall–Kier alpha value is -3.55. The highest BCUT2D eigenvalue weighted by molar-refractivity contribution is 5.92. The number of unbranched alkanes of at least 4 members (excludes halogenated alkanes) is 1. The first-order valence-corrected chi connectivity index (χ1v) is 15.2. The van der Waals surface area contributed by atoms with Gasteiger partial charge in [0.15, 0.2) is 11.5 Å². The Morgan fingerprint density at radius 1 is 1.21 bits per heavy atom. The predicted octanol–water partition coefficient (Wildman–Crippen LogP) is 5.72. The van der Waals surface area contributed by atoms with Crippen LogP contribution in [0.4, 0.5) is 0 Å². The molecule has 0 radical (unpaired) electrons. The van der Waals surface area contributed by atoms with Gasteiger partial charge in [0.1, 0.15) is 0 Å². The molecule has 1 fully saturated rings. The van der Waals surface area contributed by atoms with Crippen molar-refractivity contribution in [3.63, 3.8) is 0 Å². The largest absolute Gasteiger partial charge is 0.504 e. The summed E-state index contributed by atoms with van der Waals surface area (Å²) in [4.78, 5) is 38.8. The number of aromatic hydroxyl groups is 1. The van der Waals surface area contributed by atoms with Gasteiger partial charge in [-0.15, -0.1) is 0 Å². The number of allylic oxidation sites excluding steroid dienone is 1. The van der Waals surface area contributed by atoms with Crippen molar-refractivity contribution in [2.24, 2.45) is 22.7 Å². The highest BCUT2D eigenvalue weighted by atomic mass is 16.5. The number of nitrogens with zero attached hydrogens (tertiary/aromatic N) is 1. The van der Waals surface area contributed by atoms with E-state index in [1.165, 1.54) is 19.3 Å². The lowest BCUT2D eigenvalue weighted by atomic mass is 9.46. The number of benzene rings is 1. The fraction of sp³-hybridized carbons (Fsp3) is 0.559. The van der Waals surface area contributed by atoms with Gasteiger partial charge in [0, 0.05) is 42.8 Å². The maximum Gasteiger partial charge on any atom is 0.331 e. The fourth-order valence-electron chi connectivity index (χ4n) is 7.51. The number of carbonyl (C=O) groups is 3. The first-order chi connectivity index (χ1) is 20.0. The number of hydrogen-bond acceptors (Lipinski definition) is 5. The molecule has 0 bridgehead atoms. The van der Waals surface area contributed by atoms with Crippen LogP contribution in [0.25, 0.3) is 6.08 Å². The average Bonchev–Trinajstić information content (AvgIpc) is 3.32. The fourth-order valence-corrected chi connectivity index (χ4v) is 7.51. The van der Waals surface area contributed by atoms with Crippen molar-refractivity contribution in [3.05, 3.63) is 53.1 Å². The van der Waals surface area contributed by atoms with Gasteiger partial charge in [0.25, 0.3) is 0 Å². The Morgan fingerprint density at radius 3 is 2.74 bits per heavy atom. The number of methoxy groups -OCH3 is 1. The van der Waals surface area contributed by atoms with Crippen LogP contribution < -0.4 is 10.1 Å². The van der Waals surface area contributed by atoms with E-state index in [-0.39, 0.29) is 28.4 Å². The van der Waals surface area contributed by atoms with Crippen molar-refractivity contribution in [2.75, 3.05) is 26.7 Å². The minimum Gasteiger partial charge on any atom is -0.504 e. The van der Waals surface area contributed by atoms with Crippen LogP contribution >= 0.6 is 0 Å². The third kappa shape index (κ3) is 6.74. The second-order valence-corrected chi connectivity index (χ2v) is 12.7. The molecule has 2 amide bonds. The summed E-state index contributed by atoms with van der Waals surface area (Å²) in [5, 5.41) is 22.5. The molecule has 1 aliphatic heterocycles. The Bertz CT molecular complexity index is 1280. The number of ether oxygens (including phenoxy) is 1. The molecule has 3 aliphatic rings. The summed E-state index contributed by atoms with van der Waals surface area (Å²) < 4.78 is 5.09. The van der Waals surface area contributed by atoms with E-state index in [2.05, 4.69) is 26.1 Å². The summed E-state index contributed by atoms with van der Waals surface area (Å²) in [7, 11) is 1.47. The quantitative estimate of drug-likeness (QED) is 0.216. The van der Waals surface area contributed by atoms with Crippen molar-refractivity contribution in [1.29, 1.82) is 0 Å². The molecule has 42 heavy (non-hydrogen) atoms. The number of carboxylic acid groups (broad SMARTS) is 1. The summed E-state index contributed by atoms with van der Waals surface area (Å²) in [6.07, 6.45) is 14.0. The van der Waals surface area contributed by atoms with Gasteiger partial charge in [-0.3, -0.25) is 9.59 Å². The lowest BCUT2D eigenvalue weighted by Crippen LogP contribution is -2.51. The highest BCUT2D eigenvalue weighted by Crippen LogP contribution is 2.62. The SMILES string of the molecule is COc1cc(/C=C/C(=O)NCCCCN2CC(CC[C@@]3(C)[C@H](C)CC[C@@]4(C)C(C(=O)O)=CCC[C@H]34)=CC2=O)ccc1O. The van der Waals surface area contributed by atoms with Crippen LogP contribution in [0.5, 0.6) is 11.5 Å². The van der Waals surface area contributed by atoms with Crippen LogP contribution in [-0.2, 0) is 14.4 Å². The molecule has 0 aromatic heterocycles. The van der Waals surface area contributed by atoms with Gasteiger partial charge in [0.05, 0.1) is 7.11 Å². The molecule has 2 aliphatic carbocycles. The van der Waals surface area contributed by atoms with E-state index in [4.69, 9.17) is 4.74 Å². The lowest BCUT2D eigenvalue weighted by molar-refractivity contribution is -0.137. The van der Waals surface area contributed by atoms with E-state index in [0.717, 1.165) is 62.5 Å². The normalized spacial score (nSPS) is 27.4. The van der Waals surface area contributed by atoms with Crippen LogP contribution in [0.1, 0.15) is 77.7 Å². The second-order valence-electron chi connectivity index (χ2n) is 12.7. The maximum atomic E-state index is 12.7. The van der Waals surface area contributed by atoms with E-state index in [1.54, 1.807) is 24.3 Å². The van der Waals surface area contributed by atoms with Crippen LogP contribution in [0, 0.1) is 22.7 Å². The third-order valence-corrected chi connectivity index (χ3v) is 10.2. The maximum absolute atomic E-state index is 12.7. The number of rotatable bonds is 12. The zero-order chi connectivity index (χ0) is 30.5. The van der Waals surface area contributed by atoms with Crippen molar-refractivity contribution < 1.29 is 29.3 Å². The molecular weight excluding hydrogens is 532 g/mol. The highest BCUT2D eigenvalue weighted by Gasteiger charge is 2.55. The number of hydrogen-bond donors (Lipinski definition) is 3. The second kappa shape index (κ2) is 13.2. The number of phenolic OH excluding ortho intramolecular Hbond substituents is 1. The average molecular weight is 579 g/mol. The van der Waals surface area contributed by atoms with Gasteiger partial charge in [0.2, 0.25) is 11.8 Å². The molecule has 0 spiro atoms. The van der Waals surface area contributed by atoms with Gasteiger partial charge in [-0.1, -0.05) is 32.9 Å². The zero-order valence-electron chi connectivity index (χ0n) is 25.4. The number of amides is 2. The first-order valence-electron chi connectivity index (χ1n) is 15.2. The lowest BCUT2D eigenvalue weighted by Gasteiger charge is -2.57. The molecule has 1 aromatic carbocycles. The van der Waals surface area contributed by atoms with Gasteiger partial charge >= 0.3 is 5.97 Å². The Kier molecular flexibility index (Phi) is 9.85. The minimum absolute atomic E-state index is 0.0280. The molecule has 0 saturated heterocycles. The third-order valence-electron chi connectivity index (χ3n) is 10.2. The number of fused-ring (bicyclic) bond motifs is 1. The topological polar surface area (TPSA) is 116 Å². The van der Waals surface area contributed by atoms with E-state index in [1.807, 2.05) is 11.0 Å². The van der Waals surface area contributed by atoms with Crippen LogP contribution in [0.2, 0.25) is 0 Å². The van der Waals surface area contributed by atoms with E-state index < -0.39 is 5.97 Å². The number of carbonyl (C=O) groups excluding carboxylic acids is 2. The van der Waals surface area contributed by atoms with Crippen molar-refractivity contribution in [3.8, 4) is 11.5 Å². The summed E-state index contributed by atoms with van der Waals surface area (Å²) >= 11 is 0. The molecule has 8 nitrogen and oxygen atoms in total. The Balaban J connectivity index is 1.21. The monoisotopic (exact) mass is 578 g/mol. The molecule has 1 saturated carbocycles. The number of phenols is 1. The van der Waals surface area contributed by atoms with Gasteiger partial charge in [-0.05, 0) is 98.0 Å². The molecule has 4 atom stereocenters. The molecule has 228 valence electrons. The standard InChI is InChI=1S/C34H46N2O6/c1-23-14-16-34(3)26(32(40)41)8-7-9-29(34)33(23,2)17-15-25-21-31(39)36(22-25)19-6-5-18-35-30(38)13-11-24-10-12-27(37)28(20-24)42-4/h8,10-13,20-21,23,29,37H,5-7,9,14-19,22H2,1-4H3,(H,35,38)(H,40,41)/b13-11+/t23-,29-,33+,34+/m1/s1. The van der Waals surface area contributed by atoms with Gasteiger partial charge in [-0.2, -0.15) is 0 Å². The Labute approximate surface area is 249 Å². The van der Waals surface area contributed by atoms with Crippen LogP contribution in [0.3, 0.4) is 0 Å². The summed E-state index contributed by atoms with van der Waals surface area (Å²) in [6.45, 7) is 8.65. The molecular formula is C34H46N2O6. The van der Waals surface area contributed by atoms with Crippen molar-refractivity contribution in [1.82, 2.24) is 10.2 Å². The van der Waals surface area contributed by atoms with Crippen LogP contribution in [-0.4, -0.2) is 59.6 Å².